The average molecular weight is 108 g/mol. The molecule has 0 unspecified atom stereocenters. The van der Waals surface area contributed by atoms with E-state index in [1.165, 1.54) is 0 Å². The maximum atomic E-state index is 9.45. The van der Waals surface area contributed by atoms with Crippen LogP contribution in [0.25, 0.3) is 0 Å². The van der Waals surface area contributed by atoms with E-state index in [9.17, 15) is 9.90 Å². The van der Waals surface area contributed by atoms with Gasteiger partial charge in [0.1, 0.15) is 0 Å². The molecule has 0 aromatic rings. The van der Waals surface area contributed by atoms with E-state index in [4.69, 9.17) is 5.11 Å². The van der Waals surface area contributed by atoms with Crippen LogP contribution < -0.4 is 24.0 Å². The minimum absolute atomic E-state index is 0. The molecule has 4 heteroatoms. The Morgan fingerprint density at radius 1 is 1.75 bits per heavy atom. The van der Waals surface area contributed by atoms with Crippen molar-refractivity contribution in [3.05, 3.63) is 12.2 Å². The van der Waals surface area contributed by atoms with E-state index in [1.807, 2.05) is 0 Å². The molecule has 0 amide bonds. The third kappa shape index (κ3) is 9.24. The zero-order chi connectivity index (χ0) is 5.70. The van der Waals surface area contributed by atoms with Gasteiger partial charge in [0, 0.05) is 0 Å². The van der Waals surface area contributed by atoms with Gasteiger partial charge in [0.2, 0.25) is 0 Å². The Balaban J connectivity index is 0. The maximum absolute atomic E-state index is 9.45. The van der Waals surface area contributed by atoms with Crippen molar-refractivity contribution in [2.75, 3.05) is 6.61 Å². The first kappa shape index (κ1) is 10.7. The standard InChI is InChI=1S/C4H6O3.Li/c5-3-1-2-4(6)7;/h1-2,5H,3H2,(H,6,7);/q;+1/p-1. The molecule has 3 nitrogen and oxygen atoms in total. The molecule has 40 valence electrons. The number of carbonyl (C=O) groups excluding carboxylic acids is 1. The first-order valence-corrected chi connectivity index (χ1v) is 1.75. The summed E-state index contributed by atoms with van der Waals surface area (Å²) in [5.74, 6) is -1.28. The molecular formula is C4H5LiO3. The predicted molar refractivity (Wildman–Crippen MR) is 21.2 cm³/mol. The van der Waals surface area contributed by atoms with E-state index >= 15 is 0 Å². The normalized spacial score (nSPS) is 8.62. The number of rotatable bonds is 2. The number of aliphatic hydroxyl groups excluding tert-OH is 1. The summed E-state index contributed by atoms with van der Waals surface area (Å²) in [6, 6.07) is 0. The molecule has 0 spiro atoms. The van der Waals surface area contributed by atoms with E-state index in [-0.39, 0.29) is 25.5 Å². The van der Waals surface area contributed by atoms with E-state index in [1.54, 1.807) is 0 Å². The number of carboxylic acid groups (broad SMARTS) is 1. The monoisotopic (exact) mass is 108 g/mol. The van der Waals surface area contributed by atoms with Crippen LogP contribution in [-0.4, -0.2) is 17.7 Å². The Kier molecular flexibility index (Phi) is 9.05. The van der Waals surface area contributed by atoms with E-state index in [0.29, 0.717) is 0 Å². The molecule has 0 aliphatic heterocycles. The molecule has 0 aromatic heterocycles. The Morgan fingerprint density at radius 2 is 2.25 bits per heavy atom. The van der Waals surface area contributed by atoms with Gasteiger partial charge in [-0.25, -0.2) is 0 Å². The van der Waals surface area contributed by atoms with E-state index < -0.39 is 5.97 Å². The van der Waals surface area contributed by atoms with Crippen LogP contribution in [0, 0.1) is 0 Å². The average Bonchev–Trinajstić information content (AvgIpc) is 1.61. The van der Waals surface area contributed by atoms with E-state index in [2.05, 4.69) is 0 Å². The Bertz CT molecular complexity index is 89.3. The van der Waals surface area contributed by atoms with Crippen molar-refractivity contribution in [1.29, 1.82) is 0 Å². The number of carboxylic acids is 1. The second-order valence-corrected chi connectivity index (χ2v) is 0.904. The number of hydrogen-bond acceptors (Lipinski definition) is 3. The van der Waals surface area contributed by atoms with Gasteiger partial charge >= 0.3 is 18.9 Å². The summed E-state index contributed by atoms with van der Waals surface area (Å²) < 4.78 is 0. The summed E-state index contributed by atoms with van der Waals surface area (Å²) in [6.07, 6.45) is 1.87. The first-order valence-electron chi connectivity index (χ1n) is 1.75. The van der Waals surface area contributed by atoms with Crippen LogP contribution in [0.3, 0.4) is 0 Å². The number of hydrogen-bond donors (Lipinski definition) is 1. The van der Waals surface area contributed by atoms with Gasteiger partial charge in [0.05, 0.1) is 12.6 Å². The molecular weight excluding hydrogens is 103 g/mol. The van der Waals surface area contributed by atoms with Crippen molar-refractivity contribution in [1.82, 2.24) is 0 Å². The molecule has 0 radical (unpaired) electrons. The summed E-state index contributed by atoms with van der Waals surface area (Å²) in [5, 5.41) is 17.4. The molecule has 0 aliphatic rings. The molecule has 0 aliphatic carbocycles. The van der Waals surface area contributed by atoms with Crippen molar-refractivity contribution in [3.63, 3.8) is 0 Å². The molecule has 0 fully saturated rings. The van der Waals surface area contributed by atoms with Gasteiger partial charge in [0.25, 0.3) is 0 Å². The fraction of sp³-hybridized carbons (Fsp3) is 0.250. The second-order valence-electron chi connectivity index (χ2n) is 0.904. The summed E-state index contributed by atoms with van der Waals surface area (Å²) in [4.78, 5) is 9.45. The van der Waals surface area contributed by atoms with Gasteiger partial charge < -0.3 is 15.0 Å². The van der Waals surface area contributed by atoms with Gasteiger partial charge in [-0.1, -0.05) is 6.08 Å². The second kappa shape index (κ2) is 6.77. The Hall–Kier alpha value is -0.233. The molecule has 0 aromatic carbocycles. The quantitative estimate of drug-likeness (QED) is 0.285. The van der Waals surface area contributed by atoms with Crippen molar-refractivity contribution in [2.24, 2.45) is 0 Å². The first-order chi connectivity index (χ1) is 3.27. The summed E-state index contributed by atoms with van der Waals surface area (Å²) in [7, 11) is 0. The summed E-state index contributed by atoms with van der Waals surface area (Å²) in [5.41, 5.74) is 0. The molecule has 0 atom stereocenters. The van der Waals surface area contributed by atoms with Gasteiger partial charge in [-0.2, -0.15) is 0 Å². The summed E-state index contributed by atoms with van der Waals surface area (Å²) in [6.45, 7) is -0.256. The van der Waals surface area contributed by atoms with Crippen LogP contribution in [0.15, 0.2) is 12.2 Å². The SMILES string of the molecule is O=C([O-])C=CCO.[Li+]. The zero-order valence-corrected chi connectivity index (χ0v) is 4.63. The fourth-order valence-electron chi connectivity index (χ4n) is 0.149. The maximum Gasteiger partial charge on any atom is 1.00 e. The van der Waals surface area contributed by atoms with E-state index in [0.717, 1.165) is 12.2 Å². The molecule has 1 N–H and O–H groups in total. The molecule has 0 saturated heterocycles. The van der Waals surface area contributed by atoms with Crippen molar-refractivity contribution < 1.29 is 33.9 Å². The van der Waals surface area contributed by atoms with Crippen LogP contribution in [0.2, 0.25) is 0 Å². The number of aliphatic carboxylic acids is 1. The number of carbonyl (C=O) groups is 1. The van der Waals surface area contributed by atoms with Crippen LogP contribution in [0.4, 0.5) is 0 Å². The van der Waals surface area contributed by atoms with Gasteiger partial charge in [-0.15, -0.1) is 0 Å². The Morgan fingerprint density at radius 3 is 2.38 bits per heavy atom. The molecule has 0 bridgehead atoms. The molecule has 0 rings (SSSR count). The summed E-state index contributed by atoms with van der Waals surface area (Å²) >= 11 is 0. The van der Waals surface area contributed by atoms with Gasteiger partial charge in [0.15, 0.2) is 0 Å². The van der Waals surface area contributed by atoms with Crippen LogP contribution >= 0.6 is 0 Å². The fourth-order valence-corrected chi connectivity index (χ4v) is 0.149. The third-order valence-corrected chi connectivity index (χ3v) is 0.359. The largest absolute Gasteiger partial charge is 1.00 e. The minimum atomic E-state index is -1.28. The minimum Gasteiger partial charge on any atom is -0.545 e. The van der Waals surface area contributed by atoms with Gasteiger partial charge in [-0.3, -0.25) is 0 Å². The molecule has 8 heavy (non-hydrogen) atoms. The van der Waals surface area contributed by atoms with Crippen molar-refractivity contribution in [3.8, 4) is 0 Å². The van der Waals surface area contributed by atoms with Crippen molar-refractivity contribution in [2.45, 2.75) is 0 Å². The van der Waals surface area contributed by atoms with Crippen LogP contribution in [0.1, 0.15) is 0 Å². The molecule has 0 heterocycles. The van der Waals surface area contributed by atoms with Crippen LogP contribution in [-0.2, 0) is 4.79 Å². The van der Waals surface area contributed by atoms with Crippen molar-refractivity contribution >= 4 is 5.97 Å². The third-order valence-electron chi connectivity index (χ3n) is 0.359. The number of aliphatic hydroxyl groups is 1. The smallest absolute Gasteiger partial charge is 0.545 e. The molecule has 0 saturated carbocycles. The predicted octanol–water partition coefficient (Wildman–Crippen LogP) is -4.71. The van der Waals surface area contributed by atoms with Gasteiger partial charge in [-0.05, 0) is 6.08 Å². The topological polar surface area (TPSA) is 60.4 Å². The zero-order valence-electron chi connectivity index (χ0n) is 4.63. The van der Waals surface area contributed by atoms with Crippen LogP contribution in [0.5, 0.6) is 0 Å². The Labute approximate surface area is 59.2 Å².